The molecule has 0 amide bonds. The molecule has 0 aliphatic carbocycles. The molecule has 2 aromatic carbocycles. The van der Waals surface area contributed by atoms with Crippen molar-refractivity contribution < 1.29 is 14.3 Å². The maximum absolute atomic E-state index is 10.9. The molecular weight excluding hydrogens is 368 g/mol. The standard InChI is InChI=1S/C22H30O3Si2/c1-19(22(23)24)13-11-12-18-25-27(26(2,3)4,20-14-7-5-8-15-20)21-16-9-6-10-17-21/h5-10,14-17H,1,11-13,18H2,2-4H3,(H,23,24). The number of aliphatic carboxylic acids is 1. The SMILES string of the molecule is C=C(CCCCO[Si](c1ccccc1)(c1ccccc1)[Si](C)(C)C)C(=O)O. The quantitative estimate of drug-likeness (QED) is 0.374. The summed E-state index contributed by atoms with van der Waals surface area (Å²) in [5, 5.41) is 11.6. The molecule has 0 atom stereocenters. The maximum Gasteiger partial charge on any atom is 0.330 e. The minimum atomic E-state index is -2.35. The van der Waals surface area contributed by atoms with Crippen molar-refractivity contribution in [2.75, 3.05) is 6.61 Å². The van der Waals surface area contributed by atoms with E-state index in [9.17, 15) is 4.79 Å². The Kier molecular flexibility index (Phi) is 7.36. The van der Waals surface area contributed by atoms with Crippen LogP contribution in [0.4, 0.5) is 0 Å². The largest absolute Gasteiger partial charge is 0.478 e. The van der Waals surface area contributed by atoms with Gasteiger partial charge in [0.2, 0.25) is 7.83 Å². The molecule has 27 heavy (non-hydrogen) atoms. The molecule has 0 aliphatic rings. The smallest absolute Gasteiger partial charge is 0.330 e. The van der Waals surface area contributed by atoms with E-state index in [0.717, 1.165) is 12.8 Å². The summed E-state index contributed by atoms with van der Waals surface area (Å²) in [6, 6.07) is 21.3. The van der Waals surface area contributed by atoms with Crippen molar-refractivity contribution in [2.24, 2.45) is 0 Å². The van der Waals surface area contributed by atoms with Crippen LogP contribution in [0.25, 0.3) is 0 Å². The van der Waals surface area contributed by atoms with Crippen LogP contribution in [0, 0.1) is 0 Å². The highest BCUT2D eigenvalue weighted by Crippen LogP contribution is 2.22. The van der Waals surface area contributed by atoms with Gasteiger partial charge in [-0.05, 0) is 29.6 Å². The molecule has 0 aromatic heterocycles. The fourth-order valence-electron chi connectivity index (χ4n) is 3.53. The van der Waals surface area contributed by atoms with Crippen molar-refractivity contribution in [2.45, 2.75) is 38.9 Å². The van der Waals surface area contributed by atoms with Crippen LogP contribution in [0.15, 0.2) is 72.8 Å². The van der Waals surface area contributed by atoms with Gasteiger partial charge >= 0.3 is 5.97 Å². The van der Waals surface area contributed by atoms with Crippen LogP contribution in [-0.2, 0) is 9.22 Å². The zero-order chi connectivity index (χ0) is 19.9. The zero-order valence-corrected chi connectivity index (χ0v) is 18.6. The van der Waals surface area contributed by atoms with Gasteiger partial charge in [-0.1, -0.05) is 86.9 Å². The summed E-state index contributed by atoms with van der Waals surface area (Å²) in [7, 11) is -4.06. The van der Waals surface area contributed by atoms with Crippen LogP contribution in [0.2, 0.25) is 19.6 Å². The van der Waals surface area contributed by atoms with E-state index < -0.39 is 21.4 Å². The van der Waals surface area contributed by atoms with E-state index in [4.69, 9.17) is 9.53 Å². The molecule has 1 N–H and O–H groups in total. The summed E-state index contributed by atoms with van der Waals surface area (Å²) in [5.41, 5.74) is 0.273. The molecule has 0 aliphatic heterocycles. The molecule has 5 heteroatoms. The second-order valence-corrected chi connectivity index (χ2v) is 21.8. The van der Waals surface area contributed by atoms with Gasteiger partial charge in [0.15, 0.2) is 0 Å². The number of hydrogen-bond acceptors (Lipinski definition) is 2. The number of rotatable bonds is 10. The molecule has 0 saturated carbocycles. The Morgan fingerprint density at radius 2 is 1.41 bits per heavy atom. The van der Waals surface area contributed by atoms with E-state index in [2.05, 4.69) is 86.9 Å². The summed E-state index contributed by atoms with van der Waals surface area (Å²) in [6.45, 7) is 11.4. The molecule has 0 radical (unpaired) electrons. The highest BCUT2D eigenvalue weighted by molar-refractivity contribution is 7.48. The monoisotopic (exact) mass is 398 g/mol. The predicted octanol–water partition coefficient (Wildman–Crippen LogP) is 3.99. The summed E-state index contributed by atoms with van der Waals surface area (Å²) in [6.07, 6.45) is 2.13. The summed E-state index contributed by atoms with van der Waals surface area (Å²) in [4.78, 5) is 10.9. The average molecular weight is 399 g/mol. The lowest BCUT2D eigenvalue weighted by molar-refractivity contribution is -0.132. The van der Waals surface area contributed by atoms with Gasteiger partial charge < -0.3 is 9.53 Å². The molecule has 0 bridgehead atoms. The second kappa shape index (κ2) is 9.30. The normalized spacial score (nSPS) is 12.0. The van der Waals surface area contributed by atoms with Gasteiger partial charge in [0.25, 0.3) is 0 Å². The Hall–Kier alpha value is -1.96. The van der Waals surface area contributed by atoms with Crippen molar-refractivity contribution >= 4 is 31.8 Å². The number of carboxylic acids is 1. The number of carboxylic acid groups (broad SMARTS) is 1. The van der Waals surface area contributed by atoms with E-state index in [1.165, 1.54) is 10.4 Å². The Bertz CT molecular complexity index is 713. The van der Waals surface area contributed by atoms with E-state index >= 15 is 0 Å². The van der Waals surface area contributed by atoms with Crippen LogP contribution in [0.5, 0.6) is 0 Å². The van der Waals surface area contributed by atoms with E-state index in [0.29, 0.717) is 13.0 Å². The molecule has 0 saturated heterocycles. The fourth-order valence-corrected chi connectivity index (χ4v) is 15.9. The molecule has 2 rings (SSSR count). The third-order valence-corrected chi connectivity index (χ3v) is 18.5. The van der Waals surface area contributed by atoms with Gasteiger partial charge in [0.05, 0.1) is 7.59 Å². The number of benzene rings is 2. The van der Waals surface area contributed by atoms with Crippen molar-refractivity contribution in [1.29, 1.82) is 0 Å². The molecule has 0 unspecified atom stereocenters. The molecule has 0 heterocycles. The van der Waals surface area contributed by atoms with Crippen LogP contribution >= 0.6 is 0 Å². The molecule has 0 spiro atoms. The average Bonchev–Trinajstić information content (AvgIpc) is 2.65. The van der Waals surface area contributed by atoms with Gasteiger partial charge in [-0.2, -0.15) is 0 Å². The third-order valence-electron chi connectivity index (χ3n) is 4.91. The van der Waals surface area contributed by atoms with Gasteiger partial charge in [-0.25, -0.2) is 4.79 Å². The van der Waals surface area contributed by atoms with Crippen molar-refractivity contribution in [1.82, 2.24) is 0 Å². The van der Waals surface area contributed by atoms with Crippen LogP contribution < -0.4 is 10.4 Å². The van der Waals surface area contributed by atoms with Crippen LogP contribution in [0.1, 0.15) is 19.3 Å². The first-order valence-electron chi connectivity index (χ1n) is 9.45. The van der Waals surface area contributed by atoms with Gasteiger partial charge in [0, 0.05) is 12.2 Å². The lowest BCUT2D eigenvalue weighted by Gasteiger charge is -2.42. The van der Waals surface area contributed by atoms with E-state index in [1.807, 2.05) is 0 Å². The summed E-state index contributed by atoms with van der Waals surface area (Å²) in [5.74, 6) is -0.907. The Labute approximate surface area is 164 Å². The highest BCUT2D eigenvalue weighted by Gasteiger charge is 2.50. The van der Waals surface area contributed by atoms with Gasteiger partial charge in [0.1, 0.15) is 0 Å². The first-order valence-corrected chi connectivity index (χ1v) is 15.9. The minimum absolute atomic E-state index is 0.273. The first kappa shape index (κ1) is 21.3. The Balaban J connectivity index is 2.27. The zero-order valence-electron chi connectivity index (χ0n) is 16.6. The lowest BCUT2D eigenvalue weighted by atomic mass is 10.1. The predicted molar refractivity (Wildman–Crippen MR) is 118 cm³/mol. The fraction of sp³-hybridized carbons (Fsp3) is 0.318. The number of unbranched alkanes of at least 4 members (excludes halogenated alkanes) is 1. The van der Waals surface area contributed by atoms with Crippen molar-refractivity contribution in [3.05, 3.63) is 72.8 Å². The van der Waals surface area contributed by atoms with Gasteiger partial charge in [-0.3, -0.25) is 0 Å². The van der Waals surface area contributed by atoms with Crippen molar-refractivity contribution in [3.8, 4) is 0 Å². The second-order valence-electron chi connectivity index (χ2n) is 7.88. The van der Waals surface area contributed by atoms with Crippen LogP contribution in [-0.4, -0.2) is 33.1 Å². The minimum Gasteiger partial charge on any atom is -0.478 e. The molecule has 144 valence electrons. The molecule has 0 fully saturated rings. The highest BCUT2D eigenvalue weighted by atomic mass is 29.3. The Morgan fingerprint density at radius 3 is 1.81 bits per heavy atom. The topological polar surface area (TPSA) is 46.5 Å². The lowest BCUT2D eigenvalue weighted by Crippen LogP contribution is -2.75. The van der Waals surface area contributed by atoms with E-state index in [1.54, 1.807) is 0 Å². The Morgan fingerprint density at radius 1 is 0.926 bits per heavy atom. The maximum atomic E-state index is 10.9. The third kappa shape index (κ3) is 5.06. The first-order chi connectivity index (χ1) is 12.8. The molecule has 2 aromatic rings. The van der Waals surface area contributed by atoms with Crippen molar-refractivity contribution in [3.63, 3.8) is 0 Å². The summed E-state index contributed by atoms with van der Waals surface area (Å²) < 4.78 is 6.83. The number of carbonyl (C=O) groups is 1. The number of hydrogen-bond donors (Lipinski definition) is 1. The van der Waals surface area contributed by atoms with Crippen LogP contribution in [0.3, 0.4) is 0 Å². The van der Waals surface area contributed by atoms with Gasteiger partial charge in [-0.15, -0.1) is 0 Å². The molecular formula is C22H30O3Si2. The summed E-state index contributed by atoms with van der Waals surface area (Å²) >= 11 is 0. The molecule has 3 nitrogen and oxygen atoms in total. The van der Waals surface area contributed by atoms with E-state index in [-0.39, 0.29) is 5.57 Å².